The molecule has 0 N–H and O–H groups in total. The third-order valence-electron chi connectivity index (χ3n) is 1.00. The van der Waals surface area contributed by atoms with Crippen LogP contribution >= 0.6 is 39.1 Å². The molecule has 0 bridgehead atoms. The van der Waals surface area contributed by atoms with Gasteiger partial charge in [-0.2, -0.15) is 0 Å². The van der Waals surface area contributed by atoms with Gasteiger partial charge in [-0.05, 0) is 4.48 Å². The molecule has 0 aromatic rings. The van der Waals surface area contributed by atoms with Crippen LogP contribution in [0.5, 0.6) is 0 Å². The molecule has 0 spiro atoms. The zero-order chi connectivity index (χ0) is 9.07. The molecule has 0 atom stereocenters. The van der Waals surface area contributed by atoms with Crippen LogP contribution in [0.3, 0.4) is 0 Å². The molecule has 0 fully saturated rings. The first-order chi connectivity index (χ1) is 4.93. The maximum Gasteiger partial charge on any atom is 1.00 e. The summed E-state index contributed by atoms with van der Waals surface area (Å²) in [6, 6.07) is 0. The molecule has 0 heterocycles. The fraction of sp³-hybridized carbons (Fsp3) is 0.500. The Bertz CT molecular complexity index is 172. The van der Waals surface area contributed by atoms with Crippen molar-refractivity contribution in [3.8, 4) is 0 Å². The summed E-state index contributed by atoms with van der Waals surface area (Å²) in [5.74, 6) is -0.764. The maximum absolute atomic E-state index is 12.0. The summed E-state index contributed by atoms with van der Waals surface area (Å²) in [6.07, 6.45) is 0. The molecule has 12 heavy (non-hydrogen) atoms. The van der Waals surface area contributed by atoms with Gasteiger partial charge in [0.2, 0.25) is 0 Å². The van der Waals surface area contributed by atoms with Crippen LogP contribution in [0.4, 0.5) is 12.9 Å². The Labute approximate surface area is 130 Å². The summed E-state index contributed by atoms with van der Waals surface area (Å²) in [7, 11) is 0. The van der Waals surface area contributed by atoms with E-state index < -0.39 is 18.3 Å². The molecule has 0 aromatic heterocycles. The second-order valence-electron chi connectivity index (χ2n) is 1.77. The van der Waals surface area contributed by atoms with E-state index in [1.165, 1.54) is 0 Å². The van der Waals surface area contributed by atoms with Gasteiger partial charge in [0.05, 0.1) is 5.88 Å². The Hall–Kier alpha value is 2.29. The molecule has 0 rings (SSSR count). The predicted molar refractivity (Wildman–Crippen MR) is 46.5 cm³/mol. The van der Waals surface area contributed by atoms with E-state index in [-0.39, 0.29) is 61.7 Å². The largest absolute Gasteiger partial charge is 1.00 e. The first-order valence-corrected chi connectivity index (χ1v) is 4.49. The van der Waals surface area contributed by atoms with Gasteiger partial charge in [-0.1, -0.05) is 15.9 Å². The molecule has 0 unspecified atom stereocenters. The van der Waals surface area contributed by atoms with E-state index in [2.05, 4.69) is 15.9 Å². The SMILES string of the molecule is F[B-](F)(F)/C(CCl)=C(\Br)CCl.[K+]. The molecule has 0 aliphatic rings. The van der Waals surface area contributed by atoms with Crippen molar-refractivity contribution >= 4 is 46.1 Å². The topological polar surface area (TPSA) is 0 Å². The summed E-state index contributed by atoms with van der Waals surface area (Å²) in [6.45, 7) is -5.01. The van der Waals surface area contributed by atoms with Crippen LogP contribution in [0, 0.1) is 0 Å². The third-order valence-corrected chi connectivity index (χ3v) is 2.67. The Morgan fingerprint density at radius 2 is 1.58 bits per heavy atom. The molecule has 0 saturated carbocycles. The molecule has 0 aliphatic heterocycles. The van der Waals surface area contributed by atoms with Gasteiger partial charge >= 0.3 is 58.4 Å². The van der Waals surface area contributed by atoms with E-state index in [0.29, 0.717) is 0 Å². The first-order valence-electron chi connectivity index (χ1n) is 2.62. The second-order valence-corrected chi connectivity index (χ2v) is 3.26. The van der Waals surface area contributed by atoms with Crippen molar-refractivity contribution in [2.45, 2.75) is 0 Å². The Kier molecular flexibility index (Phi) is 10.5. The van der Waals surface area contributed by atoms with Crippen LogP contribution in [0.15, 0.2) is 9.95 Å². The molecular formula is C4H4BBrCl2F3K. The van der Waals surface area contributed by atoms with Crippen molar-refractivity contribution in [1.29, 1.82) is 0 Å². The van der Waals surface area contributed by atoms with Gasteiger partial charge in [-0.3, -0.25) is 0 Å². The smallest absolute Gasteiger partial charge is 0.445 e. The van der Waals surface area contributed by atoms with Crippen LogP contribution in [-0.2, 0) is 0 Å². The minimum Gasteiger partial charge on any atom is -0.445 e. The van der Waals surface area contributed by atoms with Gasteiger partial charge in [0.15, 0.2) is 0 Å². The standard InChI is InChI=1S/C4H4BBrCl2F3.K/c6-4(2-8)3(1-7)5(9,10)11;/h1-2H2;/q-1;+1/b4-3-;. The van der Waals surface area contributed by atoms with Crippen molar-refractivity contribution in [3.63, 3.8) is 0 Å². The van der Waals surface area contributed by atoms with Gasteiger partial charge in [-0.25, -0.2) is 0 Å². The molecule has 0 nitrogen and oxygen atoms in total. The molecule has 0 radical (unpaired) electrons. The zero-order valence-corrected chi connectivity index (χ0v) is 12.5. The van der Waals surface area contributed by atoms with Gasteiger partial charge in [0, 0.05) is 5.88 Å². The van der Waals surface area contributed by atoms with E-state index in [9.17, 15) is 12.9 Å². The summed E-state index contributed by atoms with van der Waals surface area (Å²) >= 11 is 13.0. The summed E-state index contributed by atoms with van der Waals surface area (Å²) in [5.41, 5.74) is -0.762. The summed E-state index contributed by atoms with van der Waals surface area (Å²) < 4.78 is 35.9. The third kappa shape index (κ3) is 5.90. The quantitative estimate of drug-likeness (QED) is 0.526. The number of hydrogen-bond acceptors (Lipinski definition) is 0. The monoisotopic (exact) mass is 308 g/mol. The predicted octanol–water partition coefficient (Wildman–Crippen LogP) is 0.504. The van der Waals surface area contributed by atoms with Gasteiger partial charge in [-0.15, -0.1) is 28.7 Å². The van der Waals surface area contributed by atoms with Crippen LogP contribution < -0.4 is 51.4 Å². The number of rotatable bonds is 3. The number of alkyl halides is 2. The van der Waals surface area contributed by atoms with E-state index in [1.54, 1.807) is 0 Å². The average Bonchev–Trinajstić information content (AvgIpc) is 1.86. The number of halogens is 6. The summed E-state index contributed by atoms with van der Waals surface area (Å²) in [4.78, 5) is 0. The molecule has 0 aliphatic carbocycles. The van der Waals surface area contributed by atoms with Crippen molar-refractivity contribution < 1.29 is 64.3 Å². The minimum atomic E-state index is -5.01. The van der Waals surface area contributed by atoms with E-state index in [4.69, 9.17) is 23.2 Å². The molecule has 0 aromatic carbocycles. The molecular weight excluding hydrogens is 306 g/mol. The fourth-order valence-corrected chi connectivity index (χ4v) is 1.49. The average molecular weight is 310 g/mol. The van der Waals surface area contributed by atoms with Crippen LogP contribution in [0.2, 0.25) is 0 Å². The summed E-state index contributed by atoms with van der Waals surface area (Å²) in [5, 5.41) is 0. The molecule has 66 valence electrons. The Balaban J connectivity index is 0. The van der Waals surface area contributed by atoms with Crippen molar-refractivity contribution in [1.82, 2.24) is 0 Å². The van der Waals surface area contributed by atoms with Crippen molar-refractivity contribution in [2.75, 3.05) is 11.8 Å². The van der Waals surface area contributed by atoms with Gasteiger partial charge < -0.3 is 12.9 Å². The van der Waals surface area contributed by atoms with E-state index in [1.807, 2.05) is 0 Å². The number of hydrogen-bond donors (Lipinski definition) is 0. The normalized spacial score (nSPS) is 13.5. The van der Waals surface area contributed by atoms with Gasteiger partial charge in [0.1, 0.15) is 0 Å². The van der Waals surface area contributed by atoms with Crippen LogP contribution in [0.1, 0.15) is 0 Å². The molecule has 0 saturated heterocycles. The van der Waals surface area contributed by atoms with Gasteiger partial charge in [0.25, 0.3) is 0 Å². The number of allylic oxidation sites excluding steroid dienone is 2. The minimum absolute atomic E-state index is 0. The molecule has 0 amide bonds. The van der Waals surface area contributed by atoms with Crippen molar-refractivity contribution in [2.24, 2.45) is 0 Å². The molecule has 8 heteroatoms. The van der Waals surface area contributed by atoms with Crippen LogP contribution in [0.25, 0.3) is 0 Å². The van der Waals surface area contributed by atoms with E-state index >= 15 is 0 Å². The Morgan fingerprint density at radius 3 is 1.67 bits per heavy atom. The van der Waals surface area contributed by atoms with Crippen molar-refractivity contribution in [3.05, 3.63) is 9.95 Å². The van der Waals surface area contributed by atoms with Crippen LogP contribution in [-0.4, -0.2) is 18.7 Å². The van der Waals surface area contributed by atoms with E-state index in [0.717, 1.165) is 0 Å². The zero-order valence-electron chi connectivity index (χ0n) is 6.26. The second kappa shape index (κ2) is 7.57. The maximum atomic E-state index is 12.0. The fourth-order valence-electron chi connectivity index (χ4n) is 0.423. The first kappa shape index (κ1) is 16.7. The Morgan fingerprint density at radius 1 is 1.17 bits per heavy atom.